The van der Waals surface area contributed by atoms with Crippen molar-refractivity contribution >= 4 is 40.6 Å². The topological polar surface area (TPSA) is 57.6 Å². The van der Waals surface area contributed by atoms with Crippen molar-refractivity contribution in [2.75, 3.05) is 0 Å². The summed E-state index contributed by atoms with van der Waals surface area (Å²) in [5, 5.41) is 9.94. The second-order valence-corrected chi connectivity index (χ2v) is 6.32. The largest absolute Gasteiger partial charge is 0.507 e. The summed E-state index contributed by atoms with van der Waals surface area (Å²) in [5.41, 5.74) is 1.20. The van der Waals surface area contributed by atoms with Gasteiger partial charge in [0.25, 0.3) is 11.1 Å². The molecule has 0 spiro atoms. The maximum absolute atomic E-state index is 12.4. The maximum Gasteiger partial charge on any atom is 0.293 e. The lowest BCUT2D eigenvalue weighted by atomic mass is 10.2. The van der Waals surface area contributed by atoms with Crippen LogP contribution >= 0.6 is 23.4 Å². The van der Waals surface area contributed by atoms with E-state index in [1.54, 1.807) is 42.5 Å². The van der Waals surface area contributed by atoms with Crippen LogP contribution < -0.4 is 0 Å². The number of carbonyl (C=O) groups is 2. The lowest BCUT2D eigenvalue weighted by Gasteiger charge is -2.13. The second kappa shape index (κ2) is 6.48. The zero-order valence-electron chi connectivity index (χ0n) is 11.9. The maximum atomic E-state index is 12.4. The number of phenols is 1. The van der Waals surface area contributed by atoms with Crippen molar-refractivity contribution in [1.82, 2.24) is 4.90 Å². The molecular formula is C17H12ClNO3S. The van der Waals surface area contributed by atoms with Gasteiger partial charge in [0.15, 0.2) is 0 Å². The molecule has 0 radical (unpaired) electrons. The average molecular weight is 346 g/mol. The Morgan fingerprint density at radius 3 is 2.52 bits per heavy atom. The number of phenolic OH excluding ortho intramolecular Hbond substituents is 1. The number of aromatic hydroxyl groups is 1. The number of benzene rings is 2. The van der Waals surface area contributed by atoms with Crippen LogP contribution in [0, 0.1) is 0 Å². The lowest BCUT2D eigenvalue weighted by molar-refractivity contribution is -0.123. The van der Waals surface area contributed by atoms with Gasteiger partial charge in [-0.15, -0.1) is 0 Å². The molecule has 6 heteroatoms. The monoisotopic (exact) mass is 345 g/mol. The third-order valence-electron chi connectivity index (χ3n) is 3.38. The van der Waals surface area contributed by atoms with Crippen molar-refractivity contribution in [3.63, 3.8) is 0 Å². The highest BCUT2D eigenvalue weighted by Gasteiger charge is 2.35. The molecule has 23 heavy (non-hydrogen) atoms. The third-order valence-corrected chi connectivity index (χ3v) is 4.66. The molecule has 0 bridgehead atoms. The predicted octanol–water partition coefficient (Wildman–Crippen LogP) is 4.28. The smallest absolute Gasteiger partial charge is 0.293 e. The molecule has 4 nitrogen and oxygen atoms in total. The number of thioether (sulfide) groups is 1. The minimum atomic E-state index is -0.386. The van der Waals surface area contributed by atoms with Crippen LogP contribution in [0.25, 0.3) is 6.08 Å². The van der Waals surface area contributed by atoms with E-state index >= 15 is 0 Å². The molecule has 0 aromatic heterocycles. The van der Waals surface area contributed by atoms with Gasteiger partial charge in [-0.25, -0.2) is 0 Å². The van der Waals surface area contributed by atoms with Gasteiger partial charge in [0, 0.05) is 10.6 Å². The summed E-state index contributed by atoms with van der Waals surface area (Å²) in [7, 11) is 0. The van der Waals surface area contributed by atoms with Gasteiger partial charge in [0.05, 0.1) is 11.4 Å². The molecule has 1 fully saturated rings. The molecule has 1 saturated heterocycles. The van der Waals surface area contributed by atoms with E-state index in [-0.39, 0.29) is 28.3 Å². The first-order chi connectivity index (χ1) is 11.1. The lowest BCUT2D eigenvalue weighted by Crippen LogP contribution is -2.27. The number of nitrogens with zero attached hydrogens (tertiary/aromatic N) is 1. The van der Waals surface area contributed by atoms with E-state index in [0.29, 0.717) is 16.1 Å². The van der Waals surface area contributed by atoms with Gasteiger partial charge in [-0.1, -0.05) is 48.0 Å². The normalized spacial score (nSPS) is 16.4. The molecular weight excluding hydrogens is 334 g/mol. The fourth-order valence-electron chi connectivity index (χ4n) is 2.18. The Morgan fingerprint density at radius 2 is 1.78 bits per heavy atom. The van der Waals surface area contributed by atoms with Crippen LogP contribution in [0.3, 0.4) is 0 Å². The number of rotatable bonds is 3. The van der Waals surface area contributed by atoms with E-state index in [4.69, 9.17) is 11.6 Å². The summed E-state index contributed by atoms with van der Waals surface area (Å²) in [6, 6.07) is 13.7. The fraction of sp³-hybridized carbons (Fsp3) is 0.0588. The number of para-hydroxylation sites is 1. The van der Waals surface area contributed by atoms with Crippen LogP contribution in [0.5, 0.6) is 5.75 Å². The Bertz CT molecular complexity index is 819. The van der Waals surface area contributed by atoms with Crippen LogP contribution in [0.15, 0.2) is 53.4 Å². The Hall–Kier alpha value is -2.24. The molecule has 1 heterocycles. The molecule has 0 atom stereocenters. The van der Waals surface area contributed by atoms with Crippen molar-refractivity contribution < 1.29 is 14.7 Å². The highest BCUT2D eigenvalue weighted by atomic mass is 35.5. The Labute approximate surface area is 142 Å². The van der Waals surface area contributed by atoms with Crippen LogP contribution in [0.2, 0.25) is 5.02 Å². The first-order valence-electron chi connectivity index (χ1n) is 6.83. The molecule has 1 aliphatic heterocycles. The Balaban J connectivity index is 1.86. The minimum Gasteiger partial charge on any atom is -0.507 e. The predicted molar refractivity (Wildman–Crippen MR) is 91.1 cm³/mol. The molecule has 1 aliphatic rings. The van der Waals surface area contributed by atoms with Gasteiger partial charge in [-0.2, -0.15) is 0 Å². The van der Waals surface area contributed by atoms with Gasteiger partial charge >= 0.3 is 0 Å². The molecule has 2 aromatic carbocycles. The Kier molecular flexibility index (Phi) is 4.41. The molecule has 0 saturated carbocycles. The molecule has 3 rings (SSSR count). The summed E-state index contributed by atoms with van der Waals surface area (Å²) >= 11 is 6.94. The van der Waals surface area contributed by atoms with E-state index in [2.05, 4.69) is 0 Å². The average Bonchev–Trinajstić information content (AvgIpc) is 2.79. The summed E-state index contributed by atoms with van der Waals surface area (Å²) in [6.45, 7) is 0.127. The van der Waals surface area contributed by atoms with Crippen molar-refractivity contribution in [2.45, 2.75) is 6.54 Å². The molecule has 1 N–H and O–H groups in total. The van der Waals surface area contributed by atoms with E-state index in [1.807, 2.05) is 0 Å². The highest BCUT2D eigenvalue weighted by molar-refractivity contribution is 8.18. The van der Waals surface area contributed by atoms with Crippen LogP contribution in [-0.2, 0) is 11.3 Å². The van der Waals surface area contributed by atoms with E-state index in [9.17, 15) is 14.7 Å². The van der Waals surface area contributed by atoms with Crippen molar-refractivity contribution in [3.8, 4) is 5.75 Å². The van der Waals surface area contributed by atoms with E-state index in [1.165, 1.54) is 12.1 Å². The molecule has 2 amide bonds. The number of amides is 2. The summed E-state index contributed by atoms with van der Waals surface area (Å²) < 4.78 is 0. The van der Waals surface area contributed by atoms with E-state index in [0.717, 1.165) is 16.7 Å². The summed E-state index contributed by atoms with van der Waals surface area (Å²) in [6.07, 6.45) is 1.52. The second-order valence-electron chi connectivity index (χ2n) is 4.92. The van der Waals surface area contributed by atoms with Gasteiger partial charge < -0.3 is 5.11 Å². The van der Waals surface area contributed by atoms with E-state index < -0.39 is 0 Å². The molecule has 116 valence electrons. The van der Waals surface area contributed by atoms with Gasteiger partial charge in [-0.05, 0) is 35.5 Å². The van der Waals surface area contributed by atoms with Crippen LogP contribution in [0.4, 0.5) is 4.79 Å². The number of imide groups is 1. The molecule has 2 aromatic rings. The van der Waals surface area contributed by atoms with Crippen molar-refractivity contribution in [2.24, 2.45) is 0 Å². The number of carbonyl (C=O) groups excluding carboxylic acids is 2. The first-order valence-corrected chi connectivity index (χ1v) is 8.02. The minimum absolute atomic E-state index is 0.0606. The SMILES string of the molecule is O=C1S/C(=C\c2ccccc2O)C(=O)N1Cc1ccccc1Cl. The third kappa shape index (κ3) is 3.25. The standard InChI is InChI=1S/C17H12ClNO3S/c18-13-7-3-1-6-12(13)10-19-16(21)15(23-17(19)22)9-11-5-2-4-8-14(11)20/h1-9,20H,10H2/b15-9-. The number of hydrogen-bond acceptors (Lipinski definition) is 4. The fourth-order valence-corrected chi connectivity index (χ4v) is 3.21. The first kappa shape index (κ1) is 15.6. The zero-order valence-corrected chi connectivity index (χ0v) is 13.5. The number of hydrogen-bond donors (Lipinski definition) is 1. The highest BCUT2D eigenvalue weighted by Crippen LogP contribution is 2.35. The quantitative estimate of drug-likeness (QED) is 0.843. The molecule has 0 aliphatic carbocycles. The zero-order chi connectivity index (χ0) is 16.4. The van der Waals surface area contributed by atoms with Gasteiger partial charge in [0.1, 0.15) is 5.75 Å². The molecule has 0 unspecified atom stereocenters. The Morgan fingerprint density at radius 1 is 1.09 bits per heavy atom. The van der Waals surface area contributed by atoms with Crippen molar-refractivity contribution in [3.05, 3.63) is 69.6 Å². The number of halogens is 1. The van der Waals surface area contributed by atoms with Gasteiger partial charge in [0.2, 0.25) is 0 Å². The van der Waals surface area contributed by atoms with Crippen LogP contribution in [0.1, 0.15) is 11.1 Å². The summed E-state index contributed by atoms with van der Waals surface area (Å²) in [4.78, 5) is 26.0. The summed E-state index contributed by atoms with van der Waals surface area (Å²) in [5.74, 6) is -0.325. The van der Waals surface area contributed by atoms with Crippen LogP contribution in [-0.4, -0.2) is 21.2 Å². The van der Waals surface area contributed by atoms with Crippen molar-refractivity contribution in [1.29, 1.82) is 0 Å². The van der Waals surface area contributed by atoms with Gasteiger partial charge in [-0.3, -0.25) is 14.5 Å².